The summed E-state index contributed by atoms with van der Waals surface area (Å²) >= 11 is 0. The van der Waals surface area contributed by atoms with E-state index in [9.17, 15) is 4.79 Å². The van der Waals surface area contributed by atoms with Crippen LogP contribution in [-0.4, -0.2) is 12.1 Å². The van der Waals surface area contributed by atoms with Gasteiger partial charge in [0.1, 0.15) is 0 Å². The predicted octanol–water partition coefficient (Wildman–Crippen LogP) is 1.16. The van der Waals surface area contributed by atoms with Gasteiger partial charge in [0, 0.05) is 6.92 Å². The van der Waals surface area contributed by atoms with Crippen molar-refractivity contribution < 1.29 is 9.32 Å². The molecule has 0 rings (SSSR count). The van der Waals surface area contributed by atoms with Crippen molar-refractivity contribution in [2.45, 2.75) is 13.8 Å². The highest BCUT2D eigenvalue weighted by Crippen LogP contribution is 2.08. The molecule has 7 heavy (non-hydrogen) atoms. The van der Waals surface area contributed by atoms with Crippen molar-refractivity contribution in [2.24, 2.45) is 0 Å². The van der Waals surface area contributed by atoms with Gasteiger partial charge in [-0.2, -0.15) is 0 Å². The Morgan fingerprint density at radius 3 is 2.57 bits per heavy atom. The van der Waals surface area contributed by atoms with Crippen LogP contribution in [0.1, 0.15) is 13.8 Å². The molecule has 0 saturated heterocycles. The van der Waals surface area contributed by atoms with Crippen LogP contribution in [0.15, 0.2) is 0 Å². The lowest BCUT2D eigenvalue weighted by molar-refractivity contribution is -0.130. The molecular formula is C4H9O2P. The van der Waals surface area contributed by atoms with Gasteiger partial charge in [-0.25, -0.2) is 0 Å². The van der Waals surface area contributed by atoms with Crippen molar-refractivity contribution in [3.8, 4) is 0 Å². The zero-order chi connectivity index (χ0) is 5.70. The first-order valence-corrected chi connectivity index (χ1v) is 3.29. The van der Waals surface area contributed by atoms with Crippen molar-refractivity contribution in [1.82, 2.24) is 0 Å². The van der Waals surface area contributed by atoms with E-state index >= 15 is 0 Å². The van der Waals surface area contributed by atoms with E-state index in [1.54, 1.807) is 0 Å². The van der Waals surface area contributed by atoms with Crippen LogP contribution < -0.4 is 0 Å². The summed E-state index contributed by atoms with van der Waals surface area (Å²) in [5.41, 5.74) is 0. The first-order valence-electron chi connectivity index (χ1n) is 2.17. The van der Waals surface area contributed by atoms with Crippen LogP contribution in [0, 0.1) is 0 Å². The topological polar surface area (TPSA) is 26.3 Å². The third kappa shape index (κ3) is 5.90. The molecule has 0 N–H and O–H groups in total. The van der Waals surface area contributed by atoms with Gasteiger partial charge in [0.05, 0.1) is 8.81 Å². The quantitative estimate of drug-likeness (QED) is 0.511. The van der Waals surface area contributed by atoms with Crippen molar-refractivity contribution in [1.29, 1.82) is 0 Å². The molecule has 0 aliphatic carbocycles. The fraction of sp³-hybridized carbons (Fsp3) is 0.750. The molecule has 0 aliphatic rings. The van der Waals surface area contributed by atoms with Gasteiger partial charge in [-0.3, -0.25) is 4.79 Å². The molecule has 2 nitrogen and oxygen atoms in total. The molecule has 0 spiro atoms. The van der Waals surface area contributed by atoms with Crippen molar-refractivity contribution in [3.05, 3.63) is 0 Å². The second-order valence-electron chi connectivity index (χ2n) is 1.09. The lowest BCUT2D eigenvalue weighted by atomic mass is 10.9. The van der Waals surface area contributed by atoms with E-state index in [1.165, 1.54) is 6.92 Å². The first-order chi connectivity index (χ1) is 3.27. The van der Waals surface area contributed by atoms with Crippen LogP contribution in [0.3, 0.4) is 0 Å². The number of carbonyl (C=O) groups excluding carboxylic acids is 1. The molecule has 42 valence electrons. The van der Waals surface area contributed by atoms with Gasteiger partial charge < -0.3 is 4.52 Å². The van der Waals surface area contributed by atoms with Crippen molar-refractivity contribution >= 4 is 14.8 Å². The van der Waals surface area contributed by atoms with Gasteiger partial charge in [-0.1, -0.05) is 6.92 Å². The average Bonchev–Trinajstić information content (AvgIpc) is 1.61. The van der Waals surface area contributed by atoms with Gasteiger partial charge in [0.2, 0.25) is 0 Å². The molecule has 0 saturated carbocycles. The van der Waals surface area contributed by atoms with Crippen LogP contribution in [0.25, 0.3) is 0 Å². The average molecular weight is 120 g/mol. The molecule has 0 amide bonds. The van der Waals surface area contributed by atoms with Crippen molar-refractivity contribution in [2.75, 3.05) is 6.16 Å². The normalized spacial score (nSPS) is 10.0. The second kappa shape index (κ2) is 4.07. The Morgan fingerprint density at radius 1 is 1.86 bits per heavy atom. The van der Waals surface area contributed by atoms with E-state index < -0.39 is 0 Å². The first kappa shape index (κ1) is 6.90. The maximum atomic E-state index is 9.99. The molecule has 0 fully saturated rings. The summed E-state index contributed by atoms with van der Waals surface area (Å²) < 4.78 is 4.58. The van der Waals surface area contributed by atoms with Crippen molar-refractivity contribution in [3.63, 3.8) is 0 Å². The van der Waals surface area contributed by atoms with Crippen LogP contribution in [0.2, 0.25) is 0 Å². The summed E-state index contributed by atoms with van der Waals surface area (Å²) in [7, 11) is 0.346. The standard InChI is InChI=1S/C4H9O2P/c1-3-7-6-4(2)5/h7H,3H2,1-2H3. The maximum absolute atomic E-state index is 9.99. The maximum Gasteiger partial charge on any atom is 0.305 e. The number of hydrogen-bond donors (Lipinski definition) is 0. The molecule has 0 aromatic rings. The second-order valence-corrected chi connectivity index (χ2v) is 2.29. The van der Waals surface area contributed by atoms with E-state index in [0.717, 1.165) is 6.16 Å². The van der Waals surface area contributed by atoms with E-state index in [4.69, 9.17) is 0 Å². The van der Waals surface area contributed by atoms with Crippen LogP contribution in [-0.2, 0) is 9.32 Å². The van der Waals surface area contributed by atoms with Crippen LogP contribution in [0.5, 0.6) is 0 Å². The summed E-state index contributed by atoms with van der Waals surface area (Å²) in [6.45, 7) is 3.39. The number of rotatable bonds is 2. The molecule has 0 aliphatic heterocycles. The van der Waals surface area contributed by atoms with Gasteiger partial charge in [-0.05, 0) is 6.16 Å². The Labute approximate surface area is 45.1 Å². The summed E-state index contributed by atoms with van der Waals surface area (Å²) in [6.07, 6.45) is 0.930. The molecule has 0 aromatic carbocycles. The van der Waals surface area contributed by atoms with Gasteiger partial charge in [0.15, 0.2) is 0 Å². The van der Waals surface area contributed by atoms with E-state index in [0.29, 0.717) is 8.81 Å². The van der Waals surface area contributed by atoms with Gasteiger partial charge >= 0.3 is 5.97 Å². The zero-order valence-electron chi connectivity index (χ0n) is 4.52. The molecular weight excluding hydrogens is 111 g/mol. The third-order valence-electron chi connectivity index (χ3n) is 0.360. The molecule has 0 aromatic heterocycles. The lowest BCUT2D eigenvalue weighted by Gasteiger charge is -1.93. The fourth-order valence-corrected chi connectivity index (χ4v) is 0.521. The summed E-state index contributed by atoms with van der Waals surface area (Å²) in [6, 6.07) is 0. The molecule has 1 atom stereocenters. The van der Waals surface area contributed by atoms with Crippen LogP contribution in [0.4, 0.5) is 0 Å². The van der Waals surface area contributed by atoms with E-state index in [-0.39, 0.29) is 5.97 Å². The Morgan fingerprint density at radius 2 is 2.43 bits per heavy atom. The molecule has 0 heterocycles. The van der Waals surface area contributed by atoms with Gasteiger partial charge in [0.25, 0.3) is 0 Å². The largest absolute Gasteiger partial charge is 0.448 e. The van der Waals surface area contributed by atoms with E-state index in [2.05, 4.69) is 4.52 Å². The molecule has 1 unspecified atom stereocenters. The predicted molar refractivity (Wildman–Crippen MR) is 30.6 cm³/mol. The minimum Gasteiger partial charge on any atom is -0.448 e. The van der Waals surface area contributed by atoms with Crippen LogP contribution >= 0.6 is 8.81 Å². The highest BCUT2D eigenvalue weighted by atomic mass is 31.1. The number of carbonyl (C=O) groups is 1. The highest BCUT2D eigenvalue weighted by molar-refractivity contribution is 7.32. The highest BCUT2D eigenvalue weighted by Gasteiger charge is 1.85. The SMILES string of the molecule is CCPOC(C)=O. The fourth-order valence-electron chi connectivity index (χ4n) is 0.174. The minimum atomic E-state index is -0.180. The smallest absolute Gasteiger partial charge is 0.305 e. The third-order valence-corrected chi connectivity index (χ3v) is 1.08. The Kier molecular flexibility index (Phi) is 4.01. The number of hydrogen-bond acceptors (Lipinski definition) is 2. The summed E-state index contributed by atoms with van der Waals surface area (Å²) in [5, 5.41) is 0. The Balaban J connectivity index is 2.82. The molecule has 0 radical (unpaired) electrons. The summed E-state index contributed by atoms with van der Waals surface area (Å²) in [4.78, 5) is 9.99. The Bertz CT molecular complexity index is 62.7. The van der Waals surface area contributed by atoms with Gasteiger partial charge in [-0.15, -0.1) is 0 Å². The monoisotopic (exact) mass is 120 g/mol. The van der Waals surface area contributed by atoms with E-state index in [1.807, 2.05) is 6.92 Å². The Hall–Kier alpha value is -0.100. The summed E-state index contributed by atoms with van der Waals surface area (Å²) in [5.74, 6) is -0.180. The molecule has 0 bridgehead atoms. The molecule has 3 heteroatoms. The zero-order valence-corrected chi connectivity index (χ0v) is 5.52. The minimum absolute atomic E-state index is 0.180. The lowest BCUT2D eigenvalue weighted by Crippen LogP contribution is -1.86.